The van der Waals surface area contributed by atoms with Crippen LogP contribution in [-0.2, 0) is 28.0 Å². The maximum absolute atomic E-state index is 11.5. The van der Waals surface area contributed by atoms with Gasteiger partial charge in [-0.1, -0.05) is 152 Å². The van der Waals surface area contributed by atoms with E-state index in [2.05, 4.69) is 41.7 Å². The lowest BCUT2D eigenvalue weighted by Gasteiger charge is -2.38. The van der Waals surface area contributed by atoms with Gasteiger partial charge in [-0.15, -0.1) is 0 Å². The molecule has 2 unspecified atom stereocenters. The lowest BCUT2D eigenvalue weighted by atomic mass is 9.77. The third kappa shape index (κ3) is 6.69. The van der Waals surface area contributed by atoms with Crippen LogP contribution in [0.25, 0.3) is 0 Å². The van der Waals surface area contributed by atoms with Crippen LogP contribution in [0.4, 0.5) is 0 Å². The molecule has 0 saturated carbocycles. The SMILES string of the molecule is O[PH+](OCc1ccccc1)C(NC(c1ccccc1)(c1ccccc1)c1ccccc1)OCc1ccccc1. The number of nitrogens with one attached hydrogen (secondary N) is 1. The molecule has 5 rings (SSSR count). The van der Waals surface area contributed by atoms with Crippen LogP contribution in [0.1, 0.15) is 27.8 Å². The maximum atomic E-state index is 11.5. The number of rotatable bonds is 12. The van der Waals surface area contributed by atoms with Gasteiger partial charge in [-0.2, -0.15) is 0 Å². The smallest absolute Gasteiger partial charge is 0.304 e. The Labute approximate surface area is 231 Å². The van der Waals surface area contributed by atoms with Gasteiger partial charge in [0.05, 0.1) is 12.1 Å². The summed E-state index contributed by atoms with van der Waals surface area (Å²) in [6.45, 7) is 0.629. The van der Waals surface area contributed by atoms with E-state index < -0.39 is 19.9 Å². The predicted octanol–water partition coefficient (Wildman–Crippen LogP) is 7.32. The fourth-order valence-electron chi connectivity index (χ4n) is 4.75. The second-order valence-corrected chi connectivity index (χ2v) is 10.8. The van der Waals surface area contributed by atoms with Gasteiger partial charge in [0.15, 0.2) is 0 Å². The Hall–Kier alpha value is -3.63. The third-order valence-electron chi connectivity index (χ3n) is 6.68. The minimum atomic E-state index is -2.48. The minimum Gasteiger partial charge on any atom is -0.322 e. The molecule has 0 bridgehead atoms. The molecule has 0 aliphatic heterocycles. The highest BCUT2D eigenvalue weighted by atomic mass is 31.2. The van der Waals surface area contributed by atoms with Crippen molar-refractivity contribution in [3.05, 3.63) is 179 Å². The first kappa shape index (κ1) is 27.0. The zero-order valence-electron chi connectivity index (χ0n) is 21.7. The molecule has 0 aromatic heterocycles. The van der Waals surface area contributed by atoms with Crippen molar-refractivity contribution in [3.63, 3.8) is 0 Å². The summed E-state index contributed by atoms with van der Waals surface area (Å²) in [4.78, 5) is 11.5. The summed E-state index contributed by atoms with van der Waals surface area (Å²) >= 11 is 0. The van der Waals surface area contributed by atoms with E-state index in [0.29, 0.717) is 13.2 Å². The first-order valence-corrected chi connectivity index (χ1v) is 14.5. The van der Waals surface area contributed by atoms with Gasteiger partial charge in [0.1, 0.15) is 6.61 Å². The largest absolute Gasteiger partial charge is 0.322 e. The van der Waals surface area contributed by atoms with Crippen molar-refractivity contribution < 1.29 is 14.2 Å². The topological polar surface area (TPSA) is 50.7 Å². The minimum absolute atomic E-state index is 0.299. The van der Waals surface area contributed by atoms with E-state index >= 15 is 0 Å². The van der Waals surface area contributed by atoms with Crippen molar-refractivity contribution in [1.29, 1.82) is 0 Å². The summed E-state index contributed by atoms with van der Waals surface area (Å²) in [5.41, 5.74) is 4.32. The van der Waals surface area contributed by atoms with Gasteiger partial charge in [-0.3, -0.25) is 0 Å². The van der Waals surface area contributed by atoms with Crippen molar-refractivity contribution in [3.8, 4) is 0 Å². The molecule has 0 amide bonds. The number of benzene rings is 5. The zero-order chi connectivity index (χ0) is 26.8. The molecular formula is C34H33NO3P+. The summed E-state index contributed by atoms with van der Waals surface area (Å²) in [5.74, 6) is -0.764. The van der Waals surface area contributed by atoms with Crippen molar-refractivity contribution in [1.82, 2.24) is 5.32 Å². The molecule has 0 heterocycles. The van der Waals surface area contributed by atoms with Crippen LogP contribution in [0.5, 0.6) is 0 Å². The van der Waals surface area contributed by atoms with Crippen LogP contribution in [0, 0.1) is 0 Å². The van der Waals surface area contributed by atoms with Crippen LogP contribution in [0.2, 0.25) is 0 Å². The Morgan fingerprint density at radius 3 is 1.31 bits per heavy atom. The molecule has 0 saturated heterocycles. The van der Waals surface area contributed by atoms with E-state index in [9.17, 15) is 4.89 Å². The van der Waals surface area contributed by atoms with Crippen molar-refractivity contribution in [2.75, 3.05) is 0 Å². The normalized spacial score (nSPS) is 13.1. The Morgan fingerprint density at radius 2 is 0.897 bits per heavy atom. The summed E-state index contributed by atoms with van der Waals surface area (Å²) in [6, 6.07) is 50.8. The van der Waals surface area contributed by atoms with Crippen molar-refractivity contribution >= 4 is 8.38 Å². The molecule has 5 aromatic carbocycles. The highest BCUT2D eigenvalue weighted by Gasteiger charge is 2.43. The second kappa shape index (κ2) is 13.4. The average Bonchev–Trinajstić information content (AvgIpc) is 3.02. The van der Waals surface area contributed by atoms with Gasteiger partial charge in [0.2, 0.25) is 0 Å². The van der Waals surface area contributed by atoms with E-state index in [4.69, 9.17) is 9.26 Å². The van der Waals surface area contributed by atoms with Gasteiger partial charge in [-0.05, 0) is 27.8 Å². The molecule has 2 atom stereocenters. The van der Waals surface area contributed by atoms with Crippen LogP contribution in [0.3, 0.4) is 0 Å². The fraction of sp³-hybridized carbons (Fsp3) is 0.118. The standard InChI is InChI=1S/C34H32NO3P/c36-39(38-27-29-18-8-2-9-19-29)33(37-26-28-16-6-1-7-17-28)35-34(30-20-10-3-11-21-30,31-22-12-4-13-23-31)32-24-14-5-15-25-32/h1-25,33,35-36H,26-27H2/p+1. The quantitative estimate of drug-likeness (QED) is 0.100. The molecule has 196 valence electrons. The lowest BCUT2D eigenvalue weighted by molar-refractivity contribution is 0.0431. The Morgan fingerprint density at radius 1 is 0.538 bits per heavy atom. The molecule has 39 heavy (non-hydrogen) atoms. The molecule has 2 N–H and O–H groups in total. The van der Waals surface area contributed by atoms with E-state index in [0.717, 1.165) is 27.8 Å². The van der Waals surface area contributed by atoms with E-state index in [1.807, 2.05) is 115 Å². The molecule has 4 nitrogen and oxygen atoms in total. The van der Waals surface area contributed by atoms with Gasteiger partial charge in [-0.25, -0.2) is 14.7 Å². The molecular weight excluding hydrogens is 501 g/mol. The number of ether oxygens (including phenoxy) is 1. The van der Waals surface area contributed by atoms with E-state index in [-0.39, 0.29) is 0 Å². The van der Waals surface area contributed by atoms with Gasteiger partial charge < -0.3 is 4.74 Å². The van der Waals surface area contributed by atoms with Crippen LogP contribution in [0.15, 0.2) is 152 Å². The van der Waals surface area contributed by atoms with Crippen molar-refractivity contribution in [2.24, 2.45) is 0 Å². The highest BCUT2D eigenvalue weighted by molar-refractivity contribution is 7.46. The Bertz CT molecular complexity index is 1290. The molecule has 0 aliphatic carbocycles. The predicted molar refractivity (Wildman–Crippen MR) is 159 cm³/mol. The van der Waals surface area contributed by atoms with Gasteiger partial charge >= 0.3 is 8.38 Å². The third-order valence-corrected chi connectivity index (χ3v) is 7.88. The molecule has 5 aromatic rings. The zero-order valence-corrected chi connectivity index (χ0v) is 22.7. The highest BCUT2D eigenvalue weighted by Crippen LogP contribution is 2.44. The fourth-order valence-corrected chi connectivity index (χ4v) is 5.78. The summed E-state index contributed by atoms with van der Waals surface area (Å²) in [6.07, 6.45) is 0. The van der Waals surface area contributed by atoms with E-state index in [1.165, 1.54) is 0 Å². The Kier molecular flexibility index (Phi) is 9.29. The average molecular weight is 535 g/mol. The second-order valence-electron chi connectivity index (χ2n) is 9.28. The Balaban J connectivity index is 1.56. The van der Waals surface area contributed by atoms with Gasteiger partial charge in [0, 0.05) is 0 Å². The first-order valence-electron chi connectivity index (χ1n) is 13.1. The summed E-state index contributed by atoms with van der Waals surface area (Å²) in [7, 11) is -2.48. The molecule has 0 aliphatic rings. The van der Waals surface area contributed by atoms with E-state index in [1.54, 1.807) is 0 Å². The summed E-state index contributed by atoms with van der Waals surface area (Å²) in [5, 5.41) is 3.77. The van der Waals surface area contributed by atoms with Crippen LogP contribution >= 0.6 is 8.38 Å². The molecule has 0 radical (unpaired) electrons. The number of hydrogen-bond acceptors (Lipinski definition) is 4. The van der Waals surface area contributed by atoms with Crippen LogP contribution in [-0.4, -0.2) is 10.9 Å². The molecule has 5 heteroatoms. The molecule has 0 spiro atoms. The summed E-state index contributed by atoms with van der Waals surface area (Å²) < 4.78 is 12.6. The van der Waals surface area contributed by atoms with Crippen LogP contribution < -0.4 is 5.32 Å². The monoisotopic (exact) mass is 534 g/mol. The number of hydrogen-bond donors (Lipinski definition) is 2. The van der Waals surface area contributed by atoms with Gasteiger partial charge in [0.25, 0.3) is 5.97 Å². The van der Waals surface area contributed by atoms with Crippen molar-refractivity contribution in [2.45, 2.75) is 24.7 Å². The lowest BCUT2D eigenvalue weighted by Crippen LogP contribution is -2.50. The molecule has 0 fully saturated rings. The maximum Gasteiger partial charge on any atom is 0.304 e. The first-order chi connectivity index (χ1) is 19.3.